The van der Waals surface area contributed by atoms with Gasteiger partial charge >= 0.3 is 5.97 Å². The summed E-state index contributed by atoms with van der Waals surface area (Å²) in [5.74, 6) is -1.91. The number of hydrogen-bond acceptors (Lipinski definition) is 5. The number of benzene rings is 1. The molecule has 3 N–H and O–H groups in total. The van der Waals surface area contributed by atoms with Gasteiger partial charge in [0.2, 0.25) is 0 Å². The van der Waals surface area contributed by atoms with Gasteiger partial charge in [0.15, 0.2) is 0 Å². The topological polar surface area (TPSA) is 101 Å². The molecule has 0 aliphatic carbocycles. The lowest BCUT2D eigenvalue weighted by molar-refractivity contribution is -0.139. The number of rotatable bonds is 11. The van der Waals surface area contributed by atoms with Crippen molar-refractivity contribution in [3.63, 3.8) is 0 Å². The fourth-order valence-corrected chi connectivity index (χ4v) is 3.77. The molecule has 2 aromatic rings. The minimum Gasteiger partial charge on any atom is -0.480 e. The zero-order chi connectivity index (χ0) is 22.9. The van der Waals surface area contributed by atoms with Gasteiger partial charge in [0.05, 0.1) is 10.6 Å². The van der Waals surface area contributed by atoms with Crippen LogP contribution in [-0.2, 0) is 22.4 Å². The van der Waals surface area contributed by atoms with Gasteiger partial charge in [0.25, 0.3) is 5.91 Å². The number of nitrogens with one attached hydrogen (secondary N) is 2. The second-order valence-electron chi connectivity index (χ2n) is 7.66. The molecule has 0 fully saturated rings. The van der Waals surface area contributed by atoms with Crippen LogP contribution in [0.25, 0.3) is 0 Å². The molecule has 0 bridgehead atoms. The summed E-state index contributed by atoms with van der Waals surface area (Å²) in [6.45, 7) is 1.59. The van der Waals surface area contributed by atoms with Gasteiger partial charge in [-0.15, -0.1) is 0 Å². The van der Waals surface area contributed by atoms with Crippen LogP contribution in [-0.4, -0.2) is 47.8 Å². The lowest BCUT2D eigenvalue weighted by Crippen LogP contribution is -2.42. The van der Waals surface area contributed by atoms with E-state index in [4.69, 9.17) is 16.3 Å². The fourth-order valence-electron chi connectivity index (χ4n) is 3.52. The third-order valence-corrected chi connectivity index (χ3v) is 5.58. The second-order valence-corrected chi connectivity index (χ2v) is 8.07. The third kappa shape index (κ3) is 6.64. The van der Waals surface area contributed by atoms with E-state index < -0.39 is 23.7 Å². The van der Waals surface area contributed by atoms with Gasteiger partial charge in [0.1, 0.15) is 17.7 Å². The van der Waals surface area contributed by atoms with E-state index in [1.54, 1.807) is 0 Å². The maximum Gasteiger partial charge on any atom is 0.326 e. The third-order valence-electron chi connectivity index (χ3n) is 5.27. The maximum absolute atomic E-state index is 13.9. The molecule has 1 aliphatic heterocycles. The van der Waals surface area contributed by atoms with Crippen molar-refractivity contribution in [2.75, 3.05) is 25.1 Å². The summed E-state index contributed by atoms with van der Waals surface area (Å²) in [5.41, 5.74) is 1.94. The van der Waals surface area contributed by atoms with Gasteiger partial charge in [0, 0.05) is 31.9 Å². The van der Waals surface area contributed by atoms with E-state index in [1.807, 2.05) is 0 Å². The summed E-state index contributed by atoms with van der Waals surface area (Å²) >= 11 is 5.86. The average Bonchev–Trinajstić information content (AvgIpc) is 2.77. The summed E-state index contributed by atoms with van der Waals surface area (Å²) in [6, 6.07) is 6.83. The van der Waals surface area contributed by atoms with Crippen LogP contribution in [0.3, 0.4) is 0 Å². The Balaban J connectivity index is 1.36. The number of anilines is 1. The van der Waals surface area contributed by atoms with Crippen LogP contribution in [0, 0.1) is 5.82 Å². The van der Waals surface area contributed by atoms with Crippen molar-refractivity contribution in [3.8, 4) is 0 Å². The number of fused-ring (bicyclic) bond motifs is 1. The minimum atomic E-state index is -1.22. The Morgan fingerprint density at radius 3 is 2.88 bits per heavy atom. The van der Waals surface area contributed by atoms with Crippen molar-refractivity contribution >= 4 is 29.3 Å². The second kappa shape index (κ2) is 11.8. The summed E-state index contributed by atoms with van der Waals surface area (Å²) < 4.78 is 19.4. The number of unbranched alkanes of at least 4 members (excludes halogenated alkanes) is 1. The summed E-state index contributed by atoms with van der Waals surface area (Å²) in [7, 11) is 0. The van der Waals surface area contributed by atoms with Crippen LogP contribution in [0.4, 0.5) is 10.2 Å². The van der Waals surface area contributed by atoms with Gasteiger partial charge in [-0.2, -0.15) is 0 Å². The first kappa shape index (κ1) is 23.9. The van der Waals surface area contributed by atoms with Crippen LogP contribution in [0.15, 0.2) is 30.3 Å². The summed E-state index contributed by atoms with van der Waals surface area (Å²) in [4.78, 5) is 28.4. The van der Waals surface area contributed by atoms with Gasteiger partial charge in [-0.1, -0.05) is 23.7 Å². The van der Waals surface area contributed by atoms with Crippen LogP contribution in [0.1, 0.15) is 47.3 Å². The molecule has 3 rings (SSSR count). The number of pyridine rings is 1. The molecule has 0 unspecified atom stereocenters. The number of carboxylic acid groups (broad SMARTS) is 1. The van der Waals surface area contributed by atoms with E-state index in [1.165, 1.54) is 17.7 Å². The number of ether oxygens (including phenoxy) is 1. The van der Waals surface area contributed by atoms with Crippen LogP contribution >= 0.6 is 11.6 Å². The molecule has 1 aromatic heterocycles. The van der Waals surface area contributed by atoms with Gasteiger partial charge in [-0.05, 0) is 55.9 Å². The zero-order valence-electron chi connectivity index (χ0n) is 17.7. The number of hydrogen-bond donors (Lipinski definition) is 3. The normalized spacial score (nSPS) is 13.7. The zero-order valence-corrected chi connectivity index (χ0v) is 18.5. The van der Waals surface area contributed by atoms with Crippen LogP contribution < -0.4 is 10.6 Å². The number of amides is 1. The van der Waals surface area contributed by atoms with Crippen molar-refractivity contribution in [2.24, 2.45) is 0 Å². The molecule has 1 aromatic carbocycles. The first-order valence-electron chi connectivity index (χ1n) is 10.7. The SMILES string of the molecule is O=C(N[C@H](CCOCCCCc1ccc2c(n1)NCCC2)C(=O)O)c1c(F)cccc1Cl. The Labute approximate surface area is 191 Å². The Bertz CT molecular complexity index is 937. The van der Waals surface area contributed by atoms with Crippen molar-refractivity contribution in [3.05, 3.63) is 58.0 Å². The van der Waals surface area contributed by atoms with E-state index in [2.05, 4.69) is 27.8 Å². The van der Waals surface area contributed by atoms with E-state index in [0.29, 0.717) is 6.61 Å². The molecule has 32 heavy (non-hydrogen) atoms. The number of aromatic nitrogens is 1. The summed E-state index contributed by atoms with van der Waals surface area (Å²) in [5, 5.41) is 14.9. The first-order chi connectivity index (χ1) is 15.5. The molecule has 0 saturated heterocycles. The van der Waals surface area contributed by atoms with Crippen molar-refractivity contribution in [1.29, 1.82) is 0 Å². The lowest BCUT2D eigenvalue weighted by Gasteiger charge is -2.17. The Hall–Kier alpha value is -2.71. The number of nitrogens with zero attached hydrogens (tertiary/aromatic N) is 1. The molecule has 1 atom stereocenters. The van der Waals surface area contributed by atoms with E-state index >= 15 is 0 Å². The molecule has 2 heterocycles. The lowest BCUT2D eigenvalue weighted by atomic mass is 10.1. The van der Waals surface area contributed by atoms with Gasteiger partial charge < -0.3 is 20.5 Å². The van der Waals surface area contributed by atoms with Crippen LogP contribution in [0.2, 0.25) is 5.02 Å². The largest absolute Gasteiger partial charge is 0.480 e. The fraction of sp³-hybridized carbons (Fsp3) is 0.435. The average molecular weight is 464 g/mol. The Kier molecular flexibility index (Phi) is 8.81. The number of halogens is 2. The number of carboxylic acids is 1. The van der Waals surface area contributed by atoms with E-state index in [-0.39, 0.29) is 23.6 Å². The van der Waals surface area contributed by atoms with Crippen molar-refractivity contribution < 1.29 is 23.8 Å². The van der Waals surface area contributed by atoms with Crippen molar-refractivity contribution in [2.45, 2.75) is 44.6 Å². The van der Waals surface area contributed by atoms with Crippen LogP contribution in [0.5, 0.6) is 0 Å². The highest BCUT2D eigenvalue weighted by Crippen LogP contribution is 2.21. The smallest absolute Gasteiger partial charge is 0.326 e. The Morgan fingerprint density at radius 1 is 1.25 bits per heavy atom. The number of aliphatic carboxylic acids is 1. The maximum atomic E-state index is 13.9. The molecule has 0 saturated carbocycles. The highest BCUT2D eigenvalue weighted by Gasteiger charge is 2.23. The number of carbonyl (C=O) groups excluding carboxylic acids is 1. The molecule has 0 radical (unpaired) electrons. The van der Waals surface area contributed by atoms with Gasteiger partial charge in [-0.25, -0.2) is 14.2 Å². The standard InChI is InChI=1S/C23H27ClFN3O4/c24-17-7-3-8-18(25)20(17)22(29)28-19(23(30)31)11-14-32-13-2-1-6-16-10-9-15-5-4-12-26-21(15)27-16/h3,7-10,19H,1-2,4-6,11-14H2,(H,26,27)(H,28,29)(H,30,31)/t19-/m1/s1. The monoisotopic (exact) mass is 463 g/mol. The highest BCUT2D eigenvalue weighted by molar-refractivity contribution is 6.33. The summed E-state index contributed by atoms with van der Waals surface area (Å²) in [6.07, 6.45) is 4.81. The molecule has 172 valence electrons. The number of carbonyl (C=O) groups is 2. The Morgan fingerprint density at radius 2 is 2.09 bits per heavy atom. The molecule has 1 amide bonds. The molecular formula is C23H27ClFN3O4. The highest BCUT2D eigenvalue weighted by atomic mass is 35.5. The quantitative estimate of drug-likeness (QED) is 0.438. The molecular weight excluding hydrogens is 437 g/mol. The van der Waals surface area contributed by atoms with E-state index in [9.17, 15) is 19.1 Å². The first-order valence-corrected chi connectivity index (χ1v) is 11.1. The predicted octanol–water partition coefficient (Wildman–Crippen LogP) is 3.84. The van der Waals surface area contributed by atoms with Crippen molar-refractivity contribution in [1.82, 2.24) is 10.3 Å². The number of aryl methyl sites for hydroxylation is 2. The molecule has 7 nitrogen and oxygen atoms in total. The molecule has 0 spiro atoms. The van der Waals surface area contributed by atoms with Gasteiger partial charge in [-0.3, -0.25) is 4.79 Å². The minimum absolute atomic E-state index is 0.0607. The molecule has 9 heteroatoms. The van der Waals surface area contributed by atoms with E-state index in [0.717, 1.165) is 56.2 Å². The predicted molar refractivity (Wildman–Crippen MR) is 120 cm³/mol. The molecule has 1 aliphatic rings.